The van der Waals surface area contributed by atoms with Gasteiger partial charge in [-0.25, -0.2) is 0 Å². The molecule has 1 atom stereocenters. The van der Waals surface area contributed by atoms with Gasteiger partial charge >= 0.3 is 0 Å². The number of nitrogens with zero attached hydrogens (tertiary/aromatic N) is 2. The van der Waals surface area contributed by atoms with Crippen LogP contribution in [0.25, 0.3) is 11.3 Å². The third kappa shape index (κ3) is 4.99. The molecule has 1 aliphatic rings. The largest absolute Gasteiger partial charge is 0.265 e. The molecular weight excluding hydrogens is 581 g/mol. The van der Waals surface area contributed by atoms with Gasteiger partial charge in [0.2, 0.25) is 0 Å². The fourth-order valence-electron chi connectivity index (χ4n) is 7.52. The molecule has 0 bridgehead atoms. The molecule has 0 aliphatic carbocycles. The second-order valence-corrected chi connectivity index (χ2v) is 12.1. The lowest BCUT2D eigenvalue weighted by Crippen LogP contribution is -2.62. The van der Waals surface area contributed by atoms with Crippen LogP contribution in [0.5, 0.6) is 0 Å². The van der Waals surface area contributed by atoms with E-state index in [4.69, 9.17) is 0 Å². The monoisotopic (exact) mass is 616 g/mol. The van der Waals surface area contributed by atoms with Gasteiger partial charge in [-0.3, -0.25) is 10.0 Å². The number of anilines is 2. The van der Waals surface area contributed by atoms with E-state index in [0.717, 1.165) is 22.6 Å². The Morgan fingerprint density at radius 2 is 0.729 bits per heavy atom. The molecule has 0 fully saturated rings. The molecule has 0 amide bonds. The summed E-state index contributed by atoms with van der Waals surface area (Å²) < 4.78 is 0. The first-order chi connectivity index (χ1) is 23.9. The van der Waals surface area contributed by atoms with Crippen molar-refractivity contribution < 1.29 is 0 Å². The Kier molecular flexibility index (Phi) is 7.90. The van der Waals surface area contributed by atoms with E-state index in [2.05, 4.69) is 222 Å². The van der Waals surface area contributed by atoms with Crippen LogP contribution in [0.2, 0.25) is 0 Å². The van der Waals surface area contributed by atoms with Crippen LogP contribution in [-0.4, -0.2) is 0 Å². The minimum Gasteiger partial charge on any atom is -0.265 e. The van der Waals surface area contributed by atoms with Gasteiger partial charge in [0.1, 0.15) is 5.54 Å². The second kappa shape index (κ2) is 12.9. The molecule has 48 heavy (non-hydrogen) atoms. The standard InChI is InChI=1S/C46H36N2/c1-8-22-36(23-9-1)43-44(37-24-10-2-11-25-37)46(39-28-14-4-15-29-39,40-30-16-5-17-31-40)48(42-34-20-7-21-35-42)47(41-32-18-6-19-33-41)45(43)38-26-12-3-13-27-38/h1-35,44H. The molecule has 0 radical (unpaired) electrons. The summed E-state index contributed by atoms with van der Waals surface area (Å²) in [6, 6.07) is 76.8. The van der Waals surface area contributed by atoms with Crippen molar-refractivity contribution in [3.63, 3.8) is 0 Å². The van der Waals surface area contributed by atoms with Crippen molar-refractivity contribution in [1.82, 2.24) is 0 Å². The highest BCUT2D eigenvalue weighted by atomic mass is 15.7. The van der Waals surface area contributed by atoms with E-state index in [1.807, 2.05) is 0 Å². The molecule has 1 aliphatic heterocycles. The van der Waals surface area contributed by atoms with Crippen molar-refractivity contribution >= 4 is 22.6 Å². The van der Waals surface area contributed by atoms with Gasteiger partial charge in [0.25, 0.3) is 0 Å². The highest BCUT2D eigenvalue weighted by molar-refractivity contribution is 6.04. The highest BCUT2D eigenvalue weighted by Gasteiger charge is 2.56. The SMILES string of the molecule is c1ccc(C2=C(c3ccccc3)N(c3ccccc3)N(c3ccccc3)C(c3ccccc3)(c3ccccc3)C2c2ccccc2)cc1. The predicted molar refractivity (Wildman–Crippen MR) is 200 cm³/mol. The molecule has 7 aromatic carbocycles. The highest BCUT2D eigenvalue weighted by Crippen LogP contribution is 2.61. The van der Waals surface area contributed by atoms with Crippen LogP contribution in [0.1, 0.15) is 33.7 Å². The zero-order chi connectivity index (χ0) is 32.2. The van der Waals surface area contributed by atoms with E-state index in [0.29, 0.717) is 0 Å². The van der Waals surface area contributed by atoms with E-state index in [1.165, 1.54) is 27.8 Å². The number of rotatable bonds is 7. The van der Waals surface area contributed by atoms with Crippen molar-refractivity contribution in [3.05, 3.63) is 240 Å². The van der Waals surface area contributed by atoms with Crippen LogP contribution >= 0.6 is 0 Å². The average molecular weight is 617 g/mol. The zero-order valence-electron chi connectivity index (χ0n) is 26.7. The first-order valence-electron chi connectivity index (χ1n) is 16.6. The minimum absolute atomic E-state index is 0.138. The van der Waals surface area contributed by atoms with E-state index in [9.17, 15) is 0 Å². The summed E-state index contributed by atoms with van der Waals surface area (Å²) in [5, 5.41) is 5.05. The molecule has 7 aromatic rings. The molecule has 0 aromatic heterocycles. The lowest BCUT2D eigenvalue weighted by molar-refractivity contribution is 0.428. The van der Waals surface area contributed by atoms with E-state index in [1.54, 1.807) is 0 Å². The number of hydrogen-bond acceptors (Lipinski definition) is 2. The summed E-state index contributed by atoms with van der Waals surface area (Å²) in [5.74, 6) is -0.138. The predicted octanol–water partition coefficient (Wildman–Crippen LogP) is 11.2. The second-order valence-electron chi connectivity index (χ2n) is 12.1. The van der Waals surface area contributed by atoms with Gasteiger partial charge < -0.3 is 0 Å². The molecule has 2 heteroatoms. The molecular formula is C46H36N2. The lowest BCUT2D eigenvalue weighted by Gasteiger charge is -2.60. The molecule has 230 valence electrons. The Labute approximate surface area is 283 Å². The smallest absolute Gasteiger partial charge is 0.123 e. The Bertz CT molecular complexity index is 2060. The van der Waals surface area contributed by atoms with Crippen molar-refractivity contribution in [2.24, 2.45) is 0 Å². The van der Waals surface area contributed by atoms with Gasteiger partial charge in [-0.1, -0.05) is 188 Å². The van der Waals surface area contributed by atoms with Crippen molar-refractivity contribution in [1.29, 1.82) is 0 Å². The van der Waals surface area contributed by atoms with E-state index >= 15 is 0 Å². The Morgan fingerprint density at radius 1 is 0.354 bits per heavy atom. The molecule has 0 saturated heterocycles. The molecule has 0 saturated carbocycles. The van der Waals surface area contributed by atoms with Gasteiger partial charge in [0.15, 0.2) is 0 Å². The minimum atomic E-state index is -0.732. The average Bonchev–Trinajstić information content (AvgIpc) is 3.19. The van der Waals surface area contributed by atoms with Gasteiger partial charge in [0.05, 0.1) is 17.1 Å². The summed E-state index contributed by atoms with van der Waals surface area (Å²) in [7, 11) is 0. The quantitative estimate of drug-likeness (QED) is 0.176. The van der Waals surface area contributed by atoms with Crippen molar-refractivity contribution in [2.45, 2.75) is 11.5 Å². The molecule has 8 rings (SSSR count). The summed E-state index contributed by atoms with van der Waals surface area (Å²) >= 11 is 0. The van der Waals surface area contributed by atoms with Gasteiger partial charge in [-0.05, 0) is 52.1 Å². The number of hydrogen-bond donors (Lipinski definition) is 0. The molecule has 1 unspecified atom stereocenters. The number of benzene rings is 7. The first-order valence-corrected chi connectivity index (χ1v) is 16.6. The molecule has 0 spiro atoms. The Hall–Kier alpha value is -6.12. The normalized spacial score (nSPS) is 15.7. The first kappa shape index (κ1) is 29.3. The number of hydrazine groups is 1. The van der Waals surface area contributed by atoms with Gasteiger partial charge in [-0.2, -0.15) is 0 Å². The van der Waals surface area contributed by atoms with Crippen LogP contribution in [-0.2, 0) is 5.54 Å². The summed E-state index contributed by atoms with van der Waals surface area (Å²) in [6.45, 7) is 0. The van der Waals surface area contributed by atoms with Crippen LogP contribution in [0.15, 0.2) is 212 Å². The van der Waals surface area contributed by atoms with Crippen molar-refractivity contribution in [3.8, 4) is 0 Å². The van der Waals surface area contributed by atoms with Crippen LogP contribution < -0.4 is 10.0 Å². The number of para-hydroxylation sites is 2. The summed E-state index contributed by atoms with van der Waals surface area (Å²) in [6.07, 6.45) is 0. The zero-order valence-corrected chi connectivity index (χ0v) is 26.7. The van der Waals surface area contributed by atoms with E-state index in [-0.39, 0.29) is 5.92 Å². The van der Waals surface area contributed by atoms with Crippen LogP contribution in [0, 0.1) is 0 Å². The van der Waals surface area contributed by atoms with Crippen LogP contribution in [0.3, 0.4) is 0 Å². The fraction of sp³-hybridized carbons (Fsp3) is 0.0435. The maximum atomic E-state index is 2.57. The fourth-order valence-corrected chi connectivity index (χ4v) is 7.52. The third-order valence-corrected chi connectivity index (χ3v) is 9.40. The topological polar surface area (TPSA) is 6.48 Å². The maximum Gasteiger partial charge on any atom is 0.123 e. The van der Waals surface area contributed by atoms with Crippen molar-refractivity contribution in [2.75, 3.05) is 10.0 Å². The molecule has 2 nitrogen and oxygen atoms in total. The summed E-state index contributed by atoms with van der Waals surface area (Å²) in [4.78, 5) is 0. The summed E-state index contributed by atoms with van der Waals surface area (Å²) in [5.41, 5.74) is 9.84. The van der Waals surface area contributed by atoms with Crippen LogP contribution in [0.4, 0.5) is 11.4 Å². The lowest BCUT2D eigenvalue weighted by atomic mass is 9.63. The van der Waals surface area contributed by atoms with E-state index < -0.39 is 5.54 Å². The third-order valence-electron chi connectivity index (χ3n) is 9.40. The molecule has 0 N–H and O–H groups in total. The Morgan fingerprint density at radius 3 is 1.21 bits per heavy atom. The maximum absolute atomic E-state index is 2.57. The van der Waals surface area contributed by atoms with Gasteiger partial charge in [0, 0.05) is 11.5 Å². The molecule has 1 heterocycles. The van der Waals surface area contributed by atoms with Gasteiger partial charge in [-0.15, -0.1) is 0 Å². The Balaban J connectivity index is 1.66.